The fourth-order valence-corrected chi connectivity index (χ4v) is 10.4. The van der Waals surface area contributed by atoms with E-state index in [0.717, 1.165) is 63.5 Å². The number of likely N-dealkylation sites (tertiary alicyclic amines) is 1. The molecule has 5 heteroatoms. The van der Waals surface area contributed by atoms with Crippen LogP contribution in [-0.4, -0.2) is 71.4 Å². The minimum Gasteiger partial charge on any atom is -0.394 e. The lowest BCUT2D eigenvalue weighted by Gasteiger charge is -2.49. The van der Waals surface area contributed by atoms with Crippen molar-refractivity contribution in [3.63, 3.8) is 0 Å². The quantitative estimate of drug-likeness (QED) is 0.371. The van der Waals surface area contributed by atoms with Crippen molar-refractivity contribution < 1.29 is 19.7 Å². The van der Waals surface area contributed by atoms with E-state index < -0.39 is 0 Å². The number of aliphatic hydroxyl groups excluding tert-OH is 2. The van der Waals surface area contributed by atoms with Crippen LogP contribution in [0.25, 0.3) is 0 Å². The molecule has 4 aliphatic carbocycles. The monoisotopic (exact) mass is 525 g/mol. The third-order valence-corrected chi connectivity index (χ3v) is 11.9. The maximum Gasteiger partial charge on any atom is 0.0950 e. The first-order valence-electron chi connectivity index (χ1n) is 15.5. The Morgan fingerprint density at radius 2 is 2.00 bits per heavy atom. The topological polar surface area (TPSA) is 62.2 Å². The molecule has 0 aromatic carbocycles. The fourth-order valence-electron chi connectivity index (χ4n) is 10.4. The predicted molar refractivity (Wildman–Crippen MR) is 151 cm³/mol. The lowest BCUT2D eigenvalue weighted by atomic mass is 9.56. The molecule has 212 valence electrons. The van der Waals surface area contributed by atoms with Crippen molar-refractivity contribution in [1.82, 2.24) is 4.90 Å². The Kier molecular flexibility index (Phi) is 7.04. The van der Waals surface area contributed by atoms with Crippen molar-refractivity contribution in [1.29, 1.82) is 0 Å². The fraction of sp³-hybridized carbons (Fsp3) is 0.818. The summed E-state index contributed by atoms with van der Waals surface area (Å²) >= 11 is 0. The van der Waals surface area contributed by atoms with Gasteiger partial charge in [-0.1, -0.05) is 43.2 Å². The molecular weight excluding hydrogens is 474 g/mol. The maximum atomic E-state index is 10.3. The van der Waals surface area contributed by atoms with Crippen LogP contribution in [0.1, 0.15) is 85.5 Å². The van der Waals surface area contributed by atoms with Gasteiger partial charge in [0.1, 0.15) is 0 Å². The first kappa shape index (κ1) is 27.2. The molecule has 9 atom stereocenters. The van der Waals surface area contributed by atoms with Crippen molar-refractivity contribution >= 4 is 0 Å². The van der Waals surface area contributed by atoms with Crippen LogP contribution in [0.5, 0.6) is 0 Å². The van der Waals surface area contributed by atoms with Crippen molar-refractivity contribution in [2.24, 2.45) is 29.1 Å². The van der Waals surface area contributed by atoms with Crippen LogP contribution < -0.4 is 0 Å². The minimum atomic E-state index is -0.261. The molecule has 1 spiro atoms. The molecule has 2 N–H and O–H groups in total. The van der Waals surface area contributed by atoms with Gasteiger partial charge >= 0.3 is 0 Å². The standard InChI is InChI=1S/C33H51NO4/c1-21-18-32(5)30(34(20-21)12-14-37-15-13-35)23(3)33(38-32)11-9-26-27-7-6-24-16-25(36)8-10-31(24,4)29(27)17-28(26)22(2)19-33/h16,21,25-27,29-30,35-36H,3,6-15,17-20H2,1-2,4-5H3/t21-,25?,26-,27-,29-,30-,31-,32?,33-/m0/s1. The molecule has 5 nitrogen and oxygen atoms in total. The molecule has 0 bridgehead atoms. The van der Waals surface area contributed by atoms with Gasteiger partial charge in [-0.15, -0.1) is 0 Å². The molecule has 2 heterocycles. The van der Waals surface area contributed by atoms with Crippen molar-refractivity contribution in [3.05, 3.63) is 34.9 Å². The number of aliphatic hydroxyl groups is 2. The van der Waals surface area contributed by atoms with E-state index in [-0.39, 0.29) is 35.4 Å². The molecule has 38 heavy (non-hydrogen) atoms. The summed E-state index contributed by atoms with van der Waals surface area (Å²) in [6, 6.07) is 0.231. The highest BCUT2D eigenvalue weighted by molar-refractivity contribution is 5.39. The highest BCUT2D eigenvalue weighted by atomic mass is 16.5. The number of hydrogen-bond acceptors (Lipinski definition) is 5. The number of rotatable bonds is 5. The van der Waals surface area contributed by atoms with Crippen LogP contribution in [0.2, 0.25) is 0 Å². The van der Waals surface area contributed by atoms with Crippen LogP contribution >= 0.6 is 0 Å². The Balaban J connectivity index is 1.26. The SMILES string of the molecule is C=C1[C@@H]2N(CCOCCO)C[C@@H](C)CC2(C)O[C@]12CC[C@@H]1C(=C(C)C2)C[C@H]2[C@H]1CCC1=CC(O)CC[C@@]12C. The van der Waals surface area contributed by atoms with E-state index in [2.05, 4.69) is 38.7 Å². The van der Waals surface area contributed by atoms with Gasteiger partial charge in [0.05, 0.1) is 43.2 Å². The third kappa shape index (κ3) is 4.22. The number of ether oxygens (including phenoxy) is 2. The number of nitrogens with zero attached hydrogens (tertiary/aromatic N) is 1. The molecule has 0 aromatic rings. The summed E-state index contributed by atoms with van der Waals surface area (Å²) in [6.07, 6.45) is 12.1. The molecule has 0 amide bonds. The predicted octanol–water partition coefficient (Wildman–Crippen LogP) is 5.42. The summed E-state index contributed by atoms with van der Waals surface area (Å²) in [4.78, 5) is 2.57. The first-order chi connectivity index (χ1) is 18.1. The summed E-state index contributed by atoms with van der Waals surface area (Å²) in [5.41, 5.74) is 5.95. The zero-order chi connectivity index (χ0) is 26.9. The average Bonchev–Trinajstić information content (AvgIpc) is 3.29. The van der Waals surface area contributed by atoms with E-state index in [0.29, 0.717) is 25.0 Å². The normalized spacial score (nSPS) is 46.9. The largest absolute Gasteiger partial charge is 0.394 e. The highest BCUT2D eigenvalue weighted by Crippen LogP contribution is 2.64. The van der Waals surface area contributed by atoms with E-state index in [1.165, 1.54) is 24.8 Å². The zero-order valence-electron chi connectivity index (χ0n) is 24.3. The van der Waals surface area contributed by atoms with Gasteiger partial charge in [-0.25, -0.2) is 0 Å². The van der Waals surface area contributed by atoms with Crippen LogP contribution in [0.15, 0.2) is 34.9 Å². The van der Waals surface area contributed by atoms with E-state index >= 15 is 0 Å². The van der Waals surface area contributed by atoms with Gasteiger partial charge in [0.25, 0.3) is 0 Å². The average molecular weight is 526 g/mol. The Morgan fingerprint density at radius 1 is 1.18 bits per heavy atom. The van der Waals surface area contributed by atoms with Crippen LogP contribution in [0.3, 0.4) is 0 Å². The van der Waals surface area contributed by atoms with Crippen molar-refractivity contribution in [2.75, 3.05) is 32.9 Å². The second-order valence-electron chi connectivity index (χ2n) is 14.3. The Hall–Kier alpha value is -0.980. The summed E-state index contributed by atoms with van der Waals surface area (Å²) < 4.78 is 13.0. The first-order valence-corrected chi connectivity index (χ1v) is 15.5. The smallest absolute Gasteiger partial charge is 0.0950 e. The van der Waals surface area contributed by atoms with Crippen molar-refractivity contribution in [2.45, 2.75) is 109 Å². The van der Waals surface area contributed by atoms with Gasteiger partial charge < -0.3 is 19.7 Å². The summed E-state index contributed by atoms with van der Waals surface area (Å²) in [6.45, 7) is 17.4. The van der Waals surface area contributed by atoms with Gasteiger partial charge in [0.15, 0.2) is 0 Å². The molecule has 0 aromatic heterocycles. The van der Waals surface area contributed by atoms with E-state index in [1.807, 2.05) is 0 Å². The summed E-state index contributed by atoms with van der Waals surface area (Å²) in [5, 5.41) is 19.4. The zero-order valence-corrected chi connectivity index (χ0v) is 24.3. The second kappa shape index (κ2) is 9.83. The lowest BCUT2D eigenvalue weighted by molar-refractivity contribution is -0.135. The molecule has 2 saturated carbocycles. The number of fused-ring (bicyclic) bond motifs is 6. The van der Waals surface area contributed by atoms with Gasteiger partial charge in [-0.3, -0.25) is 4.90 Å². The number of allylic oxidation sites excluding steroid dienone is 2. The molecule has 6 aliphatic rings. The van der Waals surface area contributed by atoms with E-state index in [9.17, 15) is 5.11 Å². The van der Waals surface area contributed by atoms with Crippen LogP contribution in [0.4, 0.5) is 0 Å². The molecule has 2 saturated heterocycles. The van der Waals surface area contributed by atoms with Gasteiger partial charge in [0.2, 0.25) is 0 Å². The van der Waals surface area contributed by atoms with E-state index in [1.54, 1.807) is 16.7 Å². The molecule has 2 unspecified atom stereocenters. The van der Waals surface area contributed by atoms with Crippen molar-refractivity contribution in [3.8, 4) is 0 Å². The minimum absolute atomic E-state index is 0.0755. The molecule has 0 radical (unpaired) electrons. The Bertz CT molecular complexity index is 1020. The maximum absolute atomic E-state index is 10.3. The number of piperidine rings is 1. The van der Waals surface area contributed by atoms with Gasteiger partial charge in [-0.05, 0) is 99.9 Å². The summed E-state index contributed by atoms with van der Waals surface area (Å²) in [7, 11) is 0. The molecule has 2 aliphatic heterocycles. The molecular formula is C33H51NO4. The second-order valence-corrected chi connectivity index (χ2v) is 14.3. The van der Waals surface area contributed by atoms with Crippen LogP contribution in [-0.2, 0) is 9.47 Å². The van der Waals surface area contributed by atoms with Crippen LogP contribution in [0, 0.1) is 29.1 Å². The molecule has 6 rings (SSSR count). The van der Waals surface area contributed by atoms with E-state index in [4.69, 9.17) is 21.2 Å². The highest BCUT2D eigenvalue weighted by Gasteiger charge is 2.61. The Morgan fingerprint density at radius 3 is 2.79 bits per heavy atom. The third-order valence-electron chi connectivity index (χ3n) is 11.9. The Labute approximate surface area is 230 Å². The van der Waals surface area contributed by atoms with Gasteiger partial charge in [0, 0.05) is 19.5 Å². The summed E-state index contributed by atoms with van der Waals surface area (Å²) in [5.74, 6) is 2.74. The molecule has 4 fully saturated rings. The number of hydrogen-bond donors (Lipinski definition) is 2. The lowest BCUT2D eigenvalue weighted by Crippen LogP contribution is -2.56. The van der Waals surface area contributed by atoms with Gasteiger partial charge in [-0.2, -0.15) is 0 Å².